The van der Waals surface area contributed by atoms with Crippen LogP contribution in [-0.2, 0) is 6.54 Å². The molecule has 1 unspecified atom stereocenters. The van der Waals surface area contributed by atoms with Gasteiger partial charge in [0.2, 0.25) is 0 Å². The first-order valence-electron chi connectivity index (χ1n) is 10.6. The van der Waals surface area contributed by atoms with Gasteiger partial charge in [0.15, 0.2) is 0 Å². The number of benzene rings is 1. The average molecular weight is 384 g/mol. The van der Waals surface area contributed by atoms with E-state index in [-0.39, 0.29) is 5.63 Å². The van der Waals surface area contributed by atoms with E-state index in [1.54, 1.807) is 6.07 Å². The molecule has 2 aliphatic heterocycles. The van der Waals surface area contributed by atoms with Crippen LogP contribution in [0.1, 0.15) is 29.5 Å². The molecule has 2 aromatic rings. The zero-order valence-corrected chi connectivity index (χ0v) is 17.5. The van der Waals surface area contributed by atoms with Crippen molar-refractivity contribution in [2.75, 3.05) is 52.9 Å². The van der Waals surface area contributed by atoms with Crippen molar-refractivity contribution in [1.82, 2.24) is 14.7 Å². The summed E-state index contributed by atoms with van der Waals surface area (Å²) in [5, 5.41) is 1.10. The van der Waals surface area contributed by atoms with Crippen molar-refractivity contribution in [3.05, 3.63) is 45.3 Å². The summed E-state index contributed by atoms with van der Waals surface area (Å²) in [6, 6.07) is 5.94. The van der Waals surface area contributed by atoms with Crippen molar-refractivity contribution in [3.63, 3.8) is 0 Å². The number of rotatable bonds is 4. The molecule has 0 amide bonds. The van der Waals surface area contributed by atoms with Crippen LogP contribution in [0.3, 0.4) is 0 Å². The fourth-order valence-corrected chi connectivity index (χ4v) is 4.89. The lowest BCUT2D eigenvalue weighted by Gasteiger charge is -2.38. The summed E-state index contributed by atoms with van der Waals surface area (Å²) < 4.78 is 5.52. The Morgan fingerprint density at radius 1 is 1.04 bits per heavy atom. The van der Waals surface area contributed by atoms with Crippen molar-refractivity contribution in [1.29, 1.82) is 0 Å². The largest absolute Gasteiger partial charge is 0.422 e. The van der Waals surface area contributed by atoms with Crippen molar-refractivity contribution in [2.24, 2.45) is 5.92 Å². The van der Waals surface area contributed by atoms with Crippen LogP contribution in [0, 0.1) is 19.8 Å². The molecule has 0 spiro atoms. The summed E-state index contributed by atoms with van der Waals surface area (Å²) in [4.78, 5) is 19.7. The van der Waals surface area contributed by atoms with Crippen LogP contribution < -0.4 is 5.63 Å². The molecule has 1 aromatic carbocycles. The number of likely N-dealkylation sites (tertiary alicyclic amines) is 1. The van der Waals surface area contributed by atoms with Crippen molar-refractivity contribution >= 4 is 11.0 Å². The van der Waals surface area contributed by atoms with Crippen LogP contribution >= 0.6 is 0 Å². The molecule has 2 aliphatic rings. The Bertz CT molecular complexity index is 883. The summed E-state index contributed by atoms with van der Waals surface area (Å²) in [6.45, 7) is 13.2. The van der Waals surface area contributed by atoms with Gasteiger partial charge in [-0.2, -0.15) is 0 Å². The fourth-order valence-electron chi connectivity index (χ4n) is 4.89. The van der Waals surface area contributed by atoms with E-state index in [0.717, 1.165) is 47.6 Å². The molecule has 28 heavy (non-hydrogen) atoms. The zero-order valence-electron chi connectivity index (χ0n) is 17.5. The van der Waals surface area contributed by atoms with Gasteiger partial charge in [-0.15, -0.1) is 0 Å². The molecule has 0 aliphatic carbocycles. The Kier molecular flexibility index (Phi) is 5.85. The van der Waals surface area contributed by atoms with E-state index in [2.05, 4.69) is 40.8 Å². The second-order valence-corrected chi connectivity index (χ2v) is 8.90. The number of piperazine rings is 1. The van der Waals surface area contributed by atoms with E-state index in [1.807, 2.05) is 6.92 Å². The minimum absolute atomic E-state index is 0.236. The molecule has 0 bridgehead atoms. The molecule has 1 atom stereocenters. The van der Waals surface area contributed by atoms with Gasteiger partial charge in [-0.1, -0.05) is 6.07 Å². The van der Waals surface area contributed by atoms with Gasteiger partial charge in [0.05, 0.1) is 0 Å². The highest BCUT2D eigenvalue weighted by molar-refractivity contribution is 5.83. The van der Waals surface area contributed by atoms with Crippen LogP contribution in [-0.4, -0.2) is 67.6 Å². The lowest BCUT2D eigenvalue weighted by Crippen LogP contribution is -2.48. The summed E-state index contributed by atoms with van der Waals surface area (Å²) in [6.07, 6.45) is 2.56. The van der Waals surface area contributed by atoms with Gasteiger partial charge in [-0.3, -0.25) is 4.90 Å². The molecule has 1 aromatic heterocycles. The summed E-state index contributed by atoms with van der Waals surface area (Å²) >= 11 is 0. The third kappa shape index (κ3) is 4.48. The maximum atomic E-state index is 12.1. The van der Waals surface area contributed by atoms with Crippen LogP contribution in [0.25, 0.3) is 11.0 Å². The van der Waals surface area contributed by atoms with Gasteiger partial charge in [0.25, 0.3) is 0 Å². The highest BCUT2D eigenvalue weighted by atomic mass is 16.4. The third-order valence-corrected chi connectivity index (χ3v) is 6.37. The monoisotopic (exact) mass is 383 g/mol. The van der Waals surface area contributed by atoms with Gasteiger partial charge in [-0.25, -0.2) is 4.79 Å². The second-order valence-electron chi connectivity index (χ2n) is 8.90. The van der Waals surface area contributed by atoms with E-state index in [0.29, 0.717) is 0 Å². The predicted molar refractivity (Wildman–Crippen MR) is 114 cm³/mol. The Hall–Kier alpha value is -1.69. The normalized spacial score (nSPS) is 22.8. The number of piperidine rings is 1. The van der Waals surface area contributed by atoms with Gasteiger partial charge in [-0.05, 0) is 69.0 Å². The highest BCUT2D eigenvalue weighted by Gasteiger charge is 2.24. The summed E-state index contributed by atoms with van der Waals surface area (Å²) in [5.74, 6) is 0.729. The zero-order chi connectivity index (χ0) is 19.7. The second kappa shape index (κ2) is 8.36. The van der Waals surface area contributed by atoms with Crippen molar-refractivity contribution in [2.45, 2.75) is 33.2 Å². The summed E-state index contributed by atoms with van der Waals surface area (Å²) in [5.41, 5.74) is 3.88. The molecule has 3 heterocycles. The van der Waals surface area contributed by atoms with Crippen LogP contribution in [0.5, 0.6) is 0 Å². The smallest absolute Gasteiger partial charge is 0.336 e. The maximum absolute atomic E-state index is 12.1. The molecular weight excluding hydrogens is 350 g/mol. The van der Waals surface area contributed by atoms with E-state index in [1.165, 1.54) is 51.1 Å². The number of likely N-dealkylation sites (N-methyl/N-ethyl adjacent to an activating group) is 1. The Morgan fingerprint density at radius 2 is 1.82 bits per heavy atom. The highest BCUT2D eigenvalue weighted by Crippen LogP contribution is 2.26. The molecule has 2 fully saturated rings. The standard InChI is InChI=1S/C23H33N3O2/c1-17-11-18(2)23-21(12-17)20(13-22(27)28-23)16-26-6-4-5-19(15-26)14-25-9-7-24(3)8-10-25/h11-13,19H,4-10,14-16H2,1-3H3. The predicted octanol–water partition coefficient (Wildman–Crippen LogP) is 2.87. The third-order valence-electron chi connectivity index (χ3n) is 6.37. The minimum Gasteiger partial charge on any atom is -0.422 e. The number of aryl methyl sites for hydroxylation is 2. The Labute approximate surface area is 167 Å². The molecule has 2 saturated heterocycles. The van der Waals surface area contributed by atoms with E-state index in [9.17, 15) is 4.79 Å². The first kappa shape index (κ1) is 19.6. The minimum atomic E-state index is -0.236. The Morgan fingerprint density at radius 3 is 2.61 bits per heavy atom. The fraction of sp³-hybridized carbons (Fsp3) is 0.609. The van der Waals surface area contributed by atoms with E-state index >= 15 is 0 Å². The van der Waals surface area contributed by atoms with Gasteiger partial charge < -0.3 is 14.2 Å². The van der Waals surface area contributed by atoms with Crippen LogP contribution in [0.4, 0.5) is 0 Å². The number of nitrogens with zero attached hydrogens (tertiary/aromatic N) is 3. The molecule has 152 valence electrons. The first-order chi connectivity index (χ1) is 13.5. The van der Waals surface area contributed by atoms with Crippen molar-refractivity contribution in [3.8, 4) is 0 Å². The number of fused-ring (bicyclic) bond motifs is 1. The van der Waals surface area contributed by atoms with E-state index < -0.39 is 0 Å². The molecule has 5 heteroatoms. The molecule has 5 nitrogen and oxygen atoms in total. The number of hydrogen-bond acceptors (Lipinski definition) is 5. The quantitative estimate of drug-likeness (QED) is 0.760. The first-order valence-corrected chi connectivity index (χ1v) is 10.6. The molecule has 0 saturated carbocycles. The van der Waals surface area contributed by atoms with Gasteiger partial charge in [0, 0.05) is 57.3 Å². The lowest BCUT2D eigenvalue weighted by molar-refractivity contribution is 0.0967. The van der Waals surface area contributed by atoms with Crippen molar-refractivity contribution < 1.29 is 4.42 Å². The maximum Gasteiger partial charge on any atom is 0.336 e. The van der Waals surface area contributed by atoms with E-state index in [4.69, 9.17) is 4.42 Å². The van der Waals surface area contributed by atoms with Crippen LogP contribution in [0.2, 0.25) is 0 Å². The Balaban J connectivity index is 1.47. The number of hydrogen-bond donors (Lipinski definition) is 0. The van der Waals surface area contributed by atoms with Crippen LogP contribution in [0.15, 0.2) is 27.4 Å². The molecule has 0 radical (unpaired) electrons. The molecule has 4 rings (SSSR count). The summed E-state index contributed by atoms with van der Waals surface area (Å²) in [7, 11) is 2.21. The topological polar surface area (TPSA) is 39.9 Å². The average Bonchev–Trinajstić information content (AvgIpc) is 2.65. The SMILES string of the molecule is Cc1cc(C)c2oc(=O)cc(CN3CCCC(CN4CCN(C)CC4)C3)c2c1. The van der Waals surface area contributed by atoms with Gasteiger partial charge >= 0.3 is 5.63 Å². The molecular formula is C23H33N3O2. The molecule has 0 N–H and O–H groups in total. The lowest BCUT2D eigenvalue weighted by atomic mass is 9.96. The van der Waals surface area contributed by atoms with Gasteiger partial charge in [0.1, 0.15) is 5.58 Å².